The molecule has 0 radical (unpaired) electrons. The van der Waals surface area contributed by atoms with Crippen LogP contribution in [0.1, 0.15) is 5.56 Å². The molecule has 2 N–H and O–H groups in total. The Kier molecular flexibility index (Phi) is 5.23. The van der Waals surface area contributed by atoms with Gasteiger partial charge >= 0.3 is 6.18 Å². The molecular weight excluding hydrogens is 253 g/mol. The average molecular weight is 266 g/mol. The highest BCUT2D eigenvalue weighted by Crippen LogP contribution is 2.29. The maximum Gasteiger partial charge on any atom is 0.417 e. The highest BCUT2D eigenvalue weighted by atomic mass is 32.2. The van der Waals surface area contributed by atoms with Crippen molar-refractivity contribution >= 4 is 11.8 Å². The van der Waals surface area contributed by atoms with Gasteiger partial charge in [0, 0.05) is 18.0 Å². The van der Waals surface area contributed by atoms with Gasteiger partial charge in [0.25, 0.3) is 0 Å². The van der Waals surface area contributed by atoms with Crippen LogP contribution in [-0.4, -0.2) is 35.5 Å². The van der Waals surface area contributed by atoms with E-state index in [1.807, 2.05) is 0 Å². The molecule has 1 rings (SSSR count). The van der Waals surface area contributed by atoms with Crippen LogP contribution in [0.25, 0.3) is 0 Å². The summed E-state index contributed by atoms with van der Waals surface area (Å²) in [6, 6.07) is 2.24. The van der Waals surface area contributed by atoms with Crippen LogP contribution in [0.2, 0.25) is 0 Å². The topological polar surface area (TPSA) is 45.1 Å². The van der Waals surface area contributed by atoms with Gasteiger partial charge in [-0.15, -0.1) is 11.8 Å². The molecule has 0 spiro atoms. The summed E-state index contributed by atoms with van der Waals surface area (Å²) in [4.78, 5) is 3.72. The first-order valence-corrected chi connectivity index (χ1v) is 5.90. The number of aliphatic hydroxyl groups excluding tert-OH is 1. The molecule has 96 valence electrons. The average Bonchev–Trinajstić information content (AvgIpc) is 2.30. The molecule has 1 aromatic rings. The van der Waals surface area contributed by atoms with E-state index >= 15 is 0 Å². The van der Waals surface area contributed by atoms with E-state index in [0.29, 0.717) is 10.8 Å². The maximum atomic E-state index is 12.3. The quantitative estimate of drug-likeness (QED) is 0.797. The summed E-state index contributed by atoms with van der Waals surface area (Å²) in [5.41, 5.74) is -0.755. The second kappa shape index (κ2) is 6.23. The number of thioether (sulfide) groups is 1. The Labute approximate surface area is 101 Å². The largest absolute Gasteiger partial charge is 0.417 e. The Bertz CT molecular complexity index is 338. The Morgan fingerprint density at radius 2 is 2.18 bits per heavy atom. The normalized spacial score (nSPS) is 13.7. The van der Waals surface area contributed by atoms with Crippen molar-refractivity contribution in [2.24, 2.45) is 0 Å². The fraction of sp³-hybridized carbons (Fsp3) is 0.500. The lowest BCUT2D eigenvalue weighted by atomic mass is 10.3. The first-order valence-electron chi connectivity index (χ1n) is 4.91. The number of aromatic nitrogens is 1. The Hall–Kier alpha value is -0.790. The Balaban J connectivity index is 2.57. The van der Waals surface area contributed by atoms with E-state index in [2.05, 4.69) is 10.3 Å². The van der Waals surface area contributed by atoms with Gasteiger partial charge in [-0.25, -0.2) is 4.98 Å². The first kappa shape index (κ1) is 14.3. The molecule has 0 saturated carbocycles. The lowest BCUT2D eigenvalue weighted by molar-refractivity contribution is -0.137. The summed E-state index contributed by atoms with van der Waals surface area (Å²) in [5.74, 6) is 0.547. The zero-order valence-corrected chi connectivity index (χ0v) is 9.98. The van der Waals surface area contributed by atoms with E-state index in [1.165, 1.54) is 17.8 Å². The summed E-state index contributed by atoms with van der Waals surface area (Å²) in [7, 11) is 1.71. The molecule has 1 aromatic heterocycles. The summed E-state index contributed by atoms with van der Waals surface area (Å²) >= 11 is 1.30. The molecule has 0 aliphatic rings. The van der Waals surface area contributed by atoms with Crippen molar-refractivity contribution in [3.63, 3.8) is 0 Å². The molecule has 0 aliphatic carbocycles. The molecule has 0 saturated heterocycles. The van der Waals surface area contributed by atoms with E-state index in [1.54, 1.807) is 7.05 Å². The van der Waals surface area contributed by atoms with Crippen LogP contribution in [0, 0.1) is 0 Å². The molecule has 0 aromatic carbocycles. The second-order valence-electron chi connectivity index (χ2n) is 3.36. The summed E-state index contributed by atoms with van der Waals surface area (Å²) in [6.45, 7) is -0.0237. The number of likely N-dealkylation sites (N-methyl/N-ethyl adjacent to an activating group) is 1. The van der Waals surface area contributed by atoms with Crippen LogP contribution in [0.15, 0.2) is 23.4 Å². The molecular formula is C10H13F3N2OS. The molecule has 0 fully saturated rings. The molecule has 1 heterocycles. The molecule has 17 heavy (non-hydrogen) atoms. The number of hydrogen-bond donors (Lipinski definition) is 2. The standard InChI is InChI=1S/C10H13F3N2OS/c1-14-8(5-16)6-17-9-3-2-7(4-15-9)10(11,12)13/h2-4,8,14,16H,5-6H2,1H3. The number of rotatable bonds is 5. The third-order valence-corrected chi connectivity index (χ3v) is 3.23. The van der Waals surface area contributed by atoms with E-state index in [4.69, 9.17) is 5.11 Å². The summed E-state index contributed by atoms with van der Waals surface area (Å²) < 4.78 is 36.8. The highest BCUT2D eigenvalue weighted by molar-refractivity contribution is 7.99. The molecule has 0 amide bonds. The number of nitrogens with zero attached hydrogens (tertiary/aromatic N) is 1. The van der Waals surface area contributed by atoms with Crippen LogP contribution in [-0.2, 0) is 6.18 Å². The van der Waals surface area contributed by atoms with Crippen molar-refractivity contribution < 1.29 is 18.3 Å². The van der Waals surface area contributed by atoms with Crippen LogP contribution in [0.5, 0.6) is 0 Å². The summed E-state index contributed by atoms with van der Waals surface area (Å²) in [5, 5.41) is 12.3. The molecule has 1 atom stereocenters. The number of alkyl halides is 3. The third-order valence-electron chi connectivity index (χ3n) is 2.12. The van der Waals surface area contributed by atoms with Gasteiger partial charge in [0.05, 0.1) is 17.2 Å². The van der Waals surface area contributed by atoms with Gasteiger partial charge in [0.1, 0.15) is 0 Å². The van der Waals surface area contributed by atoms with Crippen LogP contribution in [0.4, 0.5) is 13.2 Å². The predicted octanol–water partition coefficient (Wildman–Crippen LogP) is 1.77. The zero-order chi connectivity index (χ0) is 12.9. The first-order chi connectivity index (χ1) is 7.97. The van der Waals surface area contributed by atoms with Gasteiger partial charge in [0.15, 0.2) is 0 Å². The fourth-order valence-electron chi connectivity index (χ4n) is 1.05. The van der Waals surface area contributed by atoms with Crippen molar-refractivity contribution in [2.45, 2.75) is 17.2 Å². The summed E-state index contributed by atoms with van der Waals surface area (Å²) in [6.07, 6.45) is -3.54. The van der Waals surface area contributed by atoms with E-state index in [-0.39, 0.29) is 12.6 Å². The van der Waals surface area contributed by atoms with E-state index < -0.39 is 11.7 Å². The van der Waals surface area contributed by atoms with Crippen molar-refractivity contribution in [1.82, 2.24) is 10.3 Å². The molecule has 0 bridgehead atoms. The lowest BCUT2D eigenvalue weighted by Crippen LogP contribution is -2.31. The number of pyridine rings is 1. The van der Waals surface area contributed by atoms with Gasteiger partial charge in [-0.2, -0.15) is 13.2 Å². The minimum atomic E-state index is -4.35. The van der Waals surface area contributed by atoms with Crippen LogP contribution in [0.3, 0.4) is 0 Å². The highest BCUT2D eigenvalue weighted by Gasteiger charge is 2.30. The molecule has 1 unspecified atom stereocenters. The smallest absolute Gasteiger partial charge is 0.395 e. The van der Waals surface area contributed by atoms with Crippen molar-refractivity contribution in [1.29, 1.82) is 0 Å². The van der Waals surface area contributed by atoms with Gasteiger partial charge in [-0.05, 0) is 19.2 Å². The number of hydrogen-bond acceptors (Lipinski definition) is 4. The predicted molar refractivity (Wildman–Crippen MR) is 59.9 cm³/mol. The van der Waals surface area contributed by atoms with Crippen molar-refractivity contribution in [3.8, 4) is 0 Å². The fourth-order valence-corrected chi connectivity index (χ4v) is 1.98. The van der Waals surface area contributed by atoms with Gasteiger partial charge < -0.3 is 10.4 Å². The Morgan fingerprint density at radius 3 is 2.59 bits per heavy atom. The monoisotopic (exact) mass is 266 g/mol. The van der Waals surface area contributed by atoms with E-state index in [0.717, 1.165) is 12.3 Å². The van der Waals surface area contributed by atoms with Gasteiger partial charge in [-0.3, -0.25) is 0 Å². The number of aliphatic hydroxyl groups is 1. The van der Waals surface area contributed by atoms with Gasteiger partial charge in [0.2, 0.25) is 0 Å². The third kappa shape index (κ3) is 4.53. The molecule has 0 aliphatic heterocycles. The molecule has 7 heteroatoms. The SMILES string of the molecule is CNC(CO)CSc1ccc(C(F)(F)F)cn1. The van der Waals surface area contributed by atoms with Crippen LogP contribution < -0.4 is 5.32 Å². The minimum absolute atomic E-state index is 0.0237. The number of halogens is 3. The lowest BCUT2D eigenvalue weighted by Gasteiger charge is -2.12. The molecule has 3 nitrogen and oxygen atoms in total. The van der Waals surface area contributed by atoms with Gasteiger partial charge in [-0.1, -0.05) is 0 Å². The number of nitrogens with one attached hydrogen (secondary N) is 1. The van der Waals surface area contributed by atoms with Crippen LogP contribution >= 0.6 is 11.8 Å². The Morgan fingerprint density at radius 1 is 1.47 bits per heavy atom. The maximum absolute atomic E-state index is 12.3. The van der Waals surface area contributed by atoms with Crippen molar-refractivity contribution in [2.75, 3.05) is 19.4 Å². The van der Waals surface area contributed by atoms with Crippen molar-refractivity contribution in [3.05, 3.63) is 23.9 Å². The van der Waals surface area contributed by atoms with E-state index in [9.17, 15) is 13.2 Å². The minimum Gasteiger partial charge on any atom is -0.395 e. The zero-order valence-electron chi connectivity index (χ0n) is 9.16. The second-order valence-corrected chi connectivity index (χ2v) is 4.40.